The lowest BCUT2D eigenvalue weighted by Gasteiger charge is -2.06. The zero-order valence-corrected chi connectivity index (χ0v) is 12.6. The Hall–Kier alpha value is -2.36. The number of amides is 1. The highest BCUT2D eigenvalue weighted by Crippen LogP contribution is 2.20. The molecule has 0 aliphatic rings. The van der Waals surface area contributed by atoms with Crippen molar-refractivity contribution in [3.8, 4) is 17.6 Å². The van der Waals surface area contributed by atoms with Crippen molar-refractivity contribution < 1.29 is 9.53 Å². The van der Waals surface area contributed by atoms with Crippen LogP contribution in [-0.4, -0.2) is 24.5 Å². The molecule has 6 heteroatoms. The van der Waals surface area contributed by atoms with E-state index in [0.29, 0.717) is 22.0 Å². The van der Waals surface area contributed by atoms with Crippen molar-refractivity contribution in [1.82, 2.24) is 4.98 Å². The van der Waals surface area contributed by atoms with Gasteiger partial charge in [0, 0.05) is 10.9 Å². The van der Waals surface area contributed by atoms with E-state index in [1.54, 1.807) is 25.3 Å². The molecule has 0 unspecified atom stereocenters. The van der Waals surface area contributed by atoms with Crippen LogP contribution >= 0.6 is 11.3 Å². The maximum atomic E-state index is 12.2. The Kier molecular flexibility index (Phi) is 4.93. The van der Waals surface area contributed by atoms with Gasteiger partial charge in [0.25, 0.3) is 5.91 Å². The van der Waals surface area contributed by atoms with Crippen molar-refractivity contribution in [1.29, 1.82) is 0 Å². The molecule has 1 amide bonds. The number of nitrogens with two attached hydrogens (primary N) is 1. The van der Waals surface area contributed by atoms with Gasteiger partial charge in [0.2, 0.25) is 0 Å². The Bertz CT molecular complexity index is 713. The molecule has 1 heterocycles. The maximum absolute atomic E-state index is 12.2. The lowest BCUT2D eigenvalue weighted by molar-refractivity contribution is 0.102. The van der Waals surface area contributed by atoms with Crippen LogP contribution in [0.4, 0.5) is 5.13 Å². The van der Waals surface area contributed by atoms with Gasteiger partial charge < -0.3 is 10.5 Å². The first-order valence-electron chi connectivity index (χ1n) is 6.24. The number of carbonyl (C=O) groups is 1. The summed E-state index contributed by atoms with van der Waals surface area (Å²) in [6, 6.07) is 5.07. The van der Waals surface area contributed by atoms with Crippen LogP contribution in [0.15, 0.2) is 23.6 Å². The normalized spacial score (nSPS) is 9.67. The minimum absolute atomic E-state index is 0.234. The SMILES string of the molecule is COc1ccc(C(=O)Nc2nc(C)cs2)cc1C#CCN. The number of thiazole rings is 1. The molecule has 2 rings (SSSR count). The topological polar surface area (TPSA) is 77.2 Å². The molecule has 0 aliphatic carbocycles. The number of hydrogen-bond acceptors (Lipinski definition) is 5. The molecule has 2 aromatic rings. The molecule has 0 saturated heterocycles. The van der Waals surface area contributed by atoms with Gasteiger partial charge in [-0.25, -0.2) is 4.98 Å². The molecule has 0 bridgehead atoms. The molecular weight excluding hydrogens is 286 g/mol. The average molecular weight is 301 g/mol. The summed E-state index contributed by atoms with van der Waals surface area (Å²) in [4.78, 5) is 16.4. The van der Waals surface area contributed by atoms with Gasteiger partial charge in [-0.2, -0.15) is 0 Å². The number of aryl methyl sites for hydroxylation is 1. The summed E-state index contributed by atoms with van der Waals surface area (Å²) in [6.45, 7) is 2.12. The lowest BCUT2D eigenvalue weighted by Crippen LogP contribution is -2.12. The van der Waals surface area contributed by atoms with Gasteiger partial charge in [-0.1, -0.05) is 11.8 Å². The Morgan fingerprint density at radius 1 is 1.52 bits per heavy atom. The van der Waals surface area contributed by atoms with Crippen molar-refractivity contribution in [2.75, 3.05) is 19.0 Å². The fraction of sp³-hybridized carbons (Fsp3) is 0.200. The molecule has 0 fully saturated rings. The minimum Gasteiger partial charge on any atom is -0.495 e. The minimum atomic E-state index is -0.234. The van der Waals surface area contributed by atoms with E-state index in [4.69, 9.17) is 10.5 Å². The second-order valence-electron chi connectivity index (χ2n) is 4.17. The van der Waals surface area contributed by atoms with E-state index in [9.17, 15) is 4.79 Å². The quantitative estimate of drug-likeness (QED) is 0.850. The van der Waals surface area contributed by atoms with E-state index in [1.165, 1.54) is 11.3 Å². The molecule has 21 heavy (non-hydrogen) atoms. The number of carbonyl (C=O) groups excluding carboxylic acids is 1. The Morgan fingerprint density at radius 3 is 2.95 bits per heavy atom. The molecule has 0 saturated carbocycles. The first kappa shape index (κ1) is 15.0. The predicted octanol–water partition coefficient (Wildman–Crippen LogP) is 2.02. The standard InChI is InChI=1S/C15H15N3O2S/c1-10-9-21-15(17-10)18-14(19)12-5-6-13(20-2)11(8-12)4-3-7-16/h5-6,8-9H,7,16H2,1-2H3,(H,17,18,19). The third-order valence-electron chi connectivity index (χ3n) is 2.63. The average Bonchev–Trinajstić information content (AvgIpc) is 2.89. The van der Waals surface area contributed by atoms with Gasteiger partial charge in [-0.05, 0) is 25.1 Å². The van der Waals surface area contributed by atoms with Crippen LogP contribution in [0.3, 0.4) is 0 Å². The summed E-state index contributed by atoms with van der Waals surface area (Å²) in [5.41, 5.74) is 7.37. The van der Waals surface area contributed by atoms with Gasteiger partial charge >= 0.3 is 0 Å². The van der Waals surface area contributed by atoms with E-state index < -0.39 is 0 Å². The number of benzene rings is 1. The van der Waals surface area contributed by atoms with E-state index in [-0.39, 0.29) is 12.5 Å². The van der Waals surface area contributed by atoms with Crippen molar-refractivity contribution in [2.24, 2.45) is 5.73 Å². The predicted molar refractivity (Wildman–Crippen MR) is 83.7 cm³/mol. The molecule has 3 N–H and O–H groups in total. The fourth-order valence-electron chi connectivity index (χ4n) is 1.67. The number of anilines is 1. The number of aromatic nitrogens is 1. The number of nitrogens with one attached hydrogen (secondary N) is 1. The molecule has 0 radical (unpaired) electrons. The largest absolute Gasteiger partial charge is 0.495 e. The summed E-state index contributed by atoms with van der Waals surface area (Å²) in [5.74, 6) is 6.02. The van der Waals surface area contributed by atoms with Crippen LogP contribution in [0.5, 0.6) is 5.75 Å². The Labute approximate surface area is 127 Å². The van der Waals surface area contributed by atoms with Crippen LogP contribution in [0.1, 0.15) is 21.6 Å². The van der Waals surface area contributed by atoms with Crippen LogP contribution in [-0.2, 0) is 0 Å². The second kappa shape index (κ2) is 6.88. The molecule has 0 aliphatic heterocycles. The smallest absolute Gasteiger partial charge is 0.257 e. The summed E-state index contributed by atoms with van der Waals surface area (Å²) >= 11 is 1.39. The zero-order valence-electron chi connectivity index (χ0n) is 11.8. The van der Waals surface area contributed by atoms with Crippen molar-refractivity contribution in [3.63, 3.8) is 0 Å². The Balaban J connectivity index is 2.24. The number of nitrogens with zero attached hydrogens (tertiary/aromatic N) is 1. The molecule has 0 spiro atoms. The van der Waals surface area contributed by atoms with Crippen LogP contribution < -0.4 is 15.8 Å². The van der Waals surface area contributed by atoms with Crippen LogP contribution in [0.25, 0.3) is 0 Å². The van der Waals surface area contributed by atoms with Crippen molar-refractivity contribution >= 4 is 22.4 Å². The van der Waals surface area contributed by atoms with Crippen molar-refractivity contribution in [2.45, 2.75) is 6.92 Å². The van der Waals surface area contributed by atoms with E-state index >= 15 is 0 Å². The van der Waals surface area contributed by atoms with Gasteiger partial charge in [0.1, 0.15) is 5.75 Å². The van der Waals surface area contributed by atoms with Gasteiger partial charge in [0.15, 0.2) is 5.13 Å². The molecular formula is C15H15N3O2S. The molecule has 0 atom stereocenters. The third-order valence-corrected chi connectivity index (χ3v) is 3.50. The number of rotatable bonds is 3. The maximum Gasteiger partial charge on any atom is 0.257 e. The van der Waals surface area contributed by atoms with E-state index in [0.717, 1.165) is 5.69 Å². The second-order valence-corrected chi connectivity index (χ2v) is 5.03. The third kappa shape index (κ3) is 3.81. The number of hydrogen-bond donors (Lipinski definition) is 2. The lowest BCUT2D eigenvalue weighted by atomic mass is 10.1. The van der Waals surface area contributed by atoms with Gasteiger partial charge in [-0.15, -0.1) is 11.3 Å². The highest BCUT2D eigenvalue weighted by Gasteiger charge is 2.11. The van der Waals surface area contributed by atoms with Gasteiger partial charge in [0.05, 0.1) is 24.9 Å². The summed E-state index contributed by atoms with van der Waals surface area (Å²) in [6.07, 6.45) is 0. The molecule has 5 nitrogen and oxygen atoms in total. The Morgan fingerprint density at radius 2 is 2.33 bits per heavy atom. The summed E-state index contributed by atoms with van der Waals surface area (Å²) in [5, 5.41) is 5.20. The van der Waals surface area contributed by atoms with Crippen molar-refractivity contribution in [3.05, 3.63) is 40.4 Å². The highest BCUT2D eigenvalue weighted by atomic mass is 32.1. The molecule has 1 aromatic carbocycles. The summed E-state index contributed by atoms with van der Waals surface area (Å²) in [7, 11) is 1.56. The fourth-order valence-corrected chi connectivity index (χ4v) is 2.36. The van der Waals surface area contributed by atoms with Gasteiger partial charge in [-0.3, -0.25) is 10.1 Å². The van der Waals surface area contributed by atoms with Crippen LogP contribution in [0.2, 0.25) is 0 Å². The van der Waals surface area contributed by atoms with Crippen LogP contribution in [0, 0.1) is 18.8 Å². The van der Waals surface area contributed by atoms with E-state index in [1.807, 2.05) is 12.3 Å². The highest BCUT2D eigenvalue weighted by molar-refractivity contribution is 7.13. The first-order chi connectivity index (χ1) is 10.1. The molecule has 1 aromatic heterocycles. The first-order valence-corrected chi connectivity index (χ1v) is 7.12. The number of ether oxygens (including phenoxy) is 1. The number of methoxy groups -OCH3 is 1. The molecule has 108 valence electrons. The summed E-state index contributed by atoms with van der Waals surface area (Å²) < 4.78 is 5.21. The zero-order chi connectivity index (χ0) is 15.2. The van der Waals surface area contributed by atoms with E-state index in [2.05, 4.69) is 22.1 Å². The monoisotopic (exact) mass is 301 g/mol.